The van der Waals surface area contributed by atoms with Crippen LogP contribution in [0.1, 0.15) is 18.4 Å². The van der Waals surface area contributed by atoms with Gasteiger partial charge in [0.2, 0.25) is 11.8 Å². The van der Waals surface area contributed by atoms with Gasteiger partial charge in [0, 0.05) is 18.9 Å². The predicted octanol–water partition coefficient (Wildman–Crippen LogP) is 0.178. The summed E-state index contributed by atoms with van der Waals surface area (Å²) in [5.41, 5.74) is 5.92. The molecule has 0 aromatic heterocycles. The molecule has 0 bridgehead atoms. The van der Waals surface area contributed by atoms with Crippen LogP contribution in [0.3, 0.4) is 0 Å². The lowest BCUT2D eigenvalue weighted by molar-refractivity contribution is -0.122. The Balaban J connectivity index is 2.50. The van der Waals surface area contributed by atoms with E-state index in [2.05, 4.69) is 5.32 Å². The minimum atomic E-state index is -0.540. The van der Waals surface area contributed by atoms with Crippen molar-refractivity contribution in [2.75, 3.05) is 0 Å². The molecule has 5 nitrogen and oxygen atoms in total. The smallest absolute Gasteiger partial charge is 0.224 e. The van der Waals surface area contributed by atoms with Crippen LogP contribution in [0.25, 0.3) is 0 Å². The maximum Gasteiger partial charge on any atom is 0.224 e. The third kappa shape index (κ3) is 5.25. The van der Waals surface area contributed by atoms with Crippen LogP contribution in [0.5, 0.6) is 0 Å². The van der Waals surface area contributed by atoms with Gasteiger partial charge in [-0.15, -0.1) is 0 Å². The monoisotopic (exact) mass is 248 g/mol. The molecule has 0 radical (unpaired) electrons. The summed E-state index contributed by atoms with van der Waals surface area (Å²) in [6.07, 6.45) is 0.939. The molecule has 0 aliphatic rings. The highest BCUT2D eigenvalue weighted by Crippen LogP contribution is 2.01. The molecule has 0 saturated heterocycles. The Morgan fingerprint density at radius 1 is 1.28 bits per heavy atom. The number of amides is 2. The van der Waals surface area contributed by atoms with E-state index in [1.165, 1.54) is 0 Å². The van der Waals surface area contributed by atoms with Crippen molar-refractivity contribution in [3.8, 4) is 0 Å². The standard InChI is InChI=1S/C13H16N2O3/c14-12(17)9-11(6-7-16)15-13(18)8-10-4-2-1-3-5-10/h1-5,7,11H,6,8-9H2,(H2,14,17)(H,15,18)/t11-/m1/s1. The van der Waals surface area contributed by atoms with E-state index < -0.39 is 11.9 Å². The van der Waals surface area contributed by atoms with Crippen molar-refractivity contribution >= 4 is 18.1 Å². The summed E-state index contributed by atoms with van der Waals surface area (Å²) in [5, 5.41) is 2.63. The van der Waals surface area contributed by atoms with E-state index in [9.17, 15) is 14.4 Å². The van der Waals surface area contributed by atoms with Crippen LogP contribution >= 0.6 is 0 Å². The van der Waals surface area contributed by atoms with Gasteiger partial charge in [0.15, 0.2) is 0 Å². The number of hydrogen-bond donors (Lipinski definition) is 2. The Hall–Kier alpha value is -2.17. The van der Waals surface area contributed by atoms with Crippen LogP contribution in [0.2, 0.25) is 0 Å². The Labute approximate surface area is 105 Å². The second-order valence-electron chi connectivity index (χ2n) is 4.00. The zero-order valence-electron chi connectivity index (χ0n) is 9.96. The summed E-state index contributed by atoms with van der Waals surface area (Å²) in [6.45, 7) is 0. The molecule has 1 aromatic carbocycles. The van der Waals surface area contributed by atoms with Gasteiger partial charge in [-0.05, 0) is 5.56 Å². The van der Waals surface area contributed by atoms with Crippen LogP contribution in [0, 0.1) is 0 Å². The molecule has 0 spiro atoms. The van der Waals surface area contributed by atoms with Crippen LogP contribution in [-0.2, 0) is 20.8 Å². The third-order valence-electron chi connectivity index (χ3n) is 2.40. The fourth-order valence-corrected chi connectivity index (χ4v) is 1.61. The van der Waals surface area contributed by atoms with E-state index in [4.69, 9.17) is 5.73 Å². The van der Waals surface area contributed by atoms with E-state index in [1.807, 2.05) is 30.3 Å². The third-order valence-corrected chi connectivity index (χ3v) is 2.40. The van der Waals surface area contributed by atoms with Gasteiger partial charge in [0.05, 0.1) is 6.42 Å². The fourth-order valence-electron chi connectivity index (χ4n) is 1.61. The first-order valence-electron chi connectivity index (χ1n) is 5.67. The quantitative estimate of drug-likeness (QED) is 0.674. The number of hydrogen-bond acceptors (Lipinski definition) is 3. The Morgan fingerprint density at radius 2 is 1.94 bits per heavy atom. The van der Waals surface area contributed by atoms with Crippen molar-refractivity contribution in [3.63, 3.8) is 0 Å². The second-order valence-corrected chi connectivity index (χ2v) is 4.00. The minimum absolute atomic E-state index is 0.0285. The summed E-state index contributed by atoms with van der Waals surface area (Å²) < 4.78 is 0. The van der Waals surface area contributed by atoms with E-state index in [0.717, 1.165) is 5.56 Å². The van der Waals surface area contributed by atoms with Crippen molar-refractivity contribution in [2.24, 2.45) is 5.73 Å². The molecule has 0 fully saturated rings. The normalized spacial score (nSPS) is 11.6. The maximum atomic E-state index is 11.7. The van der Waals surface area contributed by atoms with Gasteiger partial charge in [0.1, 0.15) is 6.29 Å². The average molecular weight is 248 g/mol. The number of rotatable bonds is 7. The molecular formula is C13H16N2O3. The number of nitrogens with two attached hydrogens (primary N) is 1. The first-order valence-corrected chi connectivity index (χ1v) is 5.67. The van der Waals surface area contributed by atoms with Crippen molar-refractivity contribution in [3.05, 3.63) is 35.9 Å². The van der Waals surface area contributed by atoms with E-state index >= 15 is 0 Å². The molecular weight excluding hydrogens is 232 g/mol. The van der Waals surface area contributed by atoms with Gasteiger partial charge in [0.25, 0.3) is 0 Å². The number of carbonyl (C=O) groups excluding carboxylic acids is 3. The molecule has 0 aliphatic heterocycles. The lowest BCUT2D eigenvalue weighted by Gasteiger charge is -2.14. The lowest BCUT2D eigenvalue weighted by atomic mass is 10.1. The van der Waals surface area contributed by atoms with Crippen molar-refractivity contribution < 1.29 is 14.4 Å². The molecule has 2 amide bonds. The van der Waals surface area contributed by atoms with Crippen LogP contribution in [0.15, 0.2) is 30.3 Å². The topological polar surface area (TPSA) is 89.3 Å². The number of carbonyl (C=O) groups is 3. The molecule has 18 heavy (non-hydrogen) atoms. The highest BCUT2D eigenvalue weighted by Gasteiger charge is 2.14. The van der Waals surface area contributed by atoms with Gasteiger partial charge in [-0.3, -0.25) is 9.59 Å². The molecule has 1 rings (SSSR count). The molecule has 1 atom stereocenters. The molecule has 0 heterocycles. The van der Waals surface area contributed by atoms with Gasteiger partial charge >= 0.3 is 0 Å². The van der Waals surface area contributed by atoms with Crippen LogP contribution in [-0.4, -0.2) is 24.1 Å². The lowest BCUT2D eigenvalue weighted by Crippen LogP contribution is -2.38. The van der Waals surface area contributed by atoms with E-state index in [0.29, 0.717) is 6.29 Å². The molecule has 1 aromatic rings. The minimum Gasteiger partial charge on any atom is -0.370 e. The number of aldehydes is 1. The molecule has 5 heteroatoms. The summed E-state index contributed by atoms with van der Waals surface area (Å²) in [6, 6.07) is 8.70. The number of primary amides is 1. The summed E-state index contributed by atoms with van der Waals surface area (Å²) in [7, 11) is 0. The zero-order chi connectivity index (χ0) is 13.4. The van der Waals surface area contributed by atoms with Crippen molar-refractivity contribution in [1.29, 1.82) is 0 Å². The van der Waals surface area contributed by atoms with Crippen LogP contribution < -0.4 is 11.1 Å². The molecule has 96 valence electrons. The predicted molar refractivity (Wildman–Crippen MR) is 66.6 cm³/mol. The van der Waals surface area contributed by atoms with Crippen LogP contribution in [0.4, 0.5) is 0 Å². The fraction of sp³-hybridized carbons (Fsp3) is 0.308. The molecule has 0 unspecified atom stereocenters. The van der Waals surface area contributed by atoms with Crippen molar-refractivity contribution in [2.45, 2.75) is 25.3 Å². The largest absolute Gasteiger partial charge is 0.370 e. The SMILES string of the molecule is NC(=O)C[C@@H](CC=O)NC(=O)Cc1ccccc1. The maximum absolute atomic E-state index is 11.7. The molecule has 0 aliphatic carbocycles. The van der Waals surface area contributed by atoms with Gasteiger partial charge in [-0.25, -0.2) is 0 Å². The van der Waals surface area contributed by atoms with Crippen molar-refractivity contribution in [1.82, 2.24) is 5.32 Å². The first-order chi connectivity index (χ1) is 8.61. The van der Waals surface area contributed by atoms with E-state index in [1.54, 1.807) is 0 Å². The number of nitrogens with one attached hydrogen (secondary N) is 1. The second kappa shape index (κ2) is 7.21. The average Bonchev–Trinajstić information content (AvgIpc) is 2.29. The van der Waals surface area contributed by atoms with Gasteiger partial charge < -0.3 is 15.8 Å². The molecule has 0 saturated carbocycles. The first kappa shape index (κ1) is 13.9. The summed E-state index contributed by atoms with van der Waals surface area (Å²) >= 11 is 0. The molecule has 3 N–H and O–H groups in total. The summed E-state index contributed by atoms with van der Waals surface area (Å²) in [5.74, 6) is -0.767. The Kier molecular flexibility index (Phi) is 5.57. The van der Waals surface area contributed by atoms with Gasteiger partial charge in [-0.2, -0.15) is 0 Å². The highest BCUT2D eigenvalue weighted by atomic mass is 16.2. The Morgan fingerprint density at radius 3 is 2.50 bits per heavy atom. The number of benzene rings is 1. The highest BCUT2D eigenvalue weighted by molar-refractivity contribution is 5.81. The Bertz CT molecular complexity index is 418. The van der Waals surface area contributed by atoms with Gasteiger partial charge in [-0.1, -0.05) is 30.3 Å². The summed E-state index contributed by atoms with van der Waals surface area (Å²) in [4.78, 5) is 32.9. The zero-order valence-corrected chi connectivity index (χ0v) is 9.96. The van der Waals surface area contributed by atoms with E-state index in [-0.39, 0.29) is 25.2 Å².